The van der Waals surface area contributed by atoms with Gasteiger partial charge in [-0.05, 0) is 54.1 Å². The van der Waals surface area contributed by atoms with Gasteiger partial charge < -0.3 is 14.2 Å². The van der Waals surface area contributed by atoms with Crippen LogP contribution in [0.3, 0.4) is 0 Å². The standard InChI is InChI=1S/C24H18F2N2O3/c1-29-17-10-6-15(7-11-17)19-14-22(31-24-20(25)4-3-5-21(24)26)27-28-23(19)16-8-12-18(30-2)13-9-16/h3-14H,1-2H3. The average Bonchev–Trinajstić information content (AvgIpc) is 2.81. The van der Waals surface area contributed by atoms with Gasteiger partial charge in [-0.25, -0.2) is 8.78 Å². The molecule has 3 aromatic carbocycles. The Kier molecular flexibility index (Phi) is 5.75. The van der Waals surface area contributed by atoms with Gasteiger partial charge in [0.1, 0.15) is 17.2 Å². The first-order valence-corrected chi connectivity index (χ1v) is 9.37. The molecule has 0 bridgehead atoms. The summed E-state index contributed by atoms with van der Waals surface area (Å²) in [7, 11) is 3.17. The molecule has 0 saturated heterocycles. The molecule has 1 heterocycles. The zero-order valence-electron chi connectivity index (χ0n) is 16.8. The number of nitrogens with zero attached hydrogens (tertiary/aromatic N) is 2. The fraction of sp³-hybridized carbons (Fsp3) is 0.0833. The second kappa shape index (κ2) is 8.79. The van der Waals surface area contributed by atoms with E-state index in [9.17, 15) is 8.78 Å². The number of ether oxygens (including phenoxy) is 3. The van der Waals surface area contributed by atoms with Crippen LogP contribution in [-0.4, -0.2) is 24.4 Å². The van der Waals surface area contributed by atoms with E-state index in [1.165, 1.54) is 6.07 Å². The van der Waals surface area contributed by atoms with Crippen LogP contribution in [0.1, 0.15) is 0 Å². The molecule has 4 rings (SSSR count). The third kappa shape index (κ3) is 4.30. The average molecular weight is 420 g/mol. The Morgan fingerprint density at radius 1 is 0.677 bits per heavy atom. The maximum Gasteiger partial charge on any atom is 0.239 e. The van der Waals surface area contributed by atoms with E-state index < -0.39 is 17.4 Å². The minimum atomic E-state index is -0.827. The Morgan fingerprint density at radius 3 is 1.77 bits per heavy atom. The molecule has 0 aliphatic rings. The van der Waals surface area contributed by atoms with Crippen LogP contribution in [0.25, 0.3) is 22.4 Å². The lowest BCUT2D eigenvalue weighted by atomic mass is 10.00. The van der Waals surface area contributed by atoms with Crippen LogP contribution < -0.4 is 14.2 Å². The first-order valence-electron chi connectivity index (χ1n) is 9.37. The van der Waals surface area contributed by atoms with Gasteiger partial charge in [-0.2, -0.15) is 0 Å². The van der Waals surface area contributed by atoms with Gasteiger partial charge in [-0.15, -0.1) is 10.2 Å². The molecule has 1 aromatic heterocycles. The SMILES string of the molecule is COc1ccc(-c2cc(Oc3c(F)cccc3F)nnc2-c2ccc(OC)cc2)cc1. The molecule has 0 aliphatic heterocycles. The van der Waals surface area contributed by atoms with E-state index in [0.29, 0.717) is 22.8 Å². The van der Waals surface area contributed by atoms with Gasteiger partial charge in [0, 0.05) is 17.2 Å². The predicted octanol–water partition coefficient (Wildman–Crippen LogP) is 5.90. The molecule has 0 fully saturated rings. The van der Waals surface area contributed by atoms with E-state index >= 15 is 0 Å². The molecular formula is C24H18F2N2O3. The lowest BCUT2D eigenvalue weighted by Crippen LogP contribution is -1.99. The smallest absolute Gasteiger partial charge is 0.239 e. The van der Waals surface area contributed by atoms with Crippen LogP contribution in [0.5, 0.6) is 23.1 Å². The second-order valence-corrected chi connectivity index (χ2v) is 6.55. The highest BCUT2D eigenvalue weighted by molar-refractivity contribution is 5.81. The van der Waals surface area contributed by atoms with Crippen LogP contribution >= 0.6 is 0 Å². The molecule has 0 saturated carbocycles. The predicted molar refractivity (Wildman–Crippen MR) is 112 cm³/mol. The minimum absolute atomic E-state index is 0.0351. The summed E-state index contributed by atoms with van der Waals surface area (Å²) in [5.41, 5.74) is 2.85. The molecule has 0 atom stereocenters. The summed E-state index contributed by atoms with van der Waals surface area (Å²) in [6.07, 6.45) is 0. The van der Waals surface area contributed by atoms with Crippen molar-refractivity contribution >= 4 is 0 Å². The Bertz CT molecular complexity index is 1180. The molecule has 31 heavy (non-hydrogen) atoms. The molecule has 156 valence electrons. The van der Waals surface area contributed by atoms with Crippen LogP contribution in [0, 0.1) is 11.6 Å². The topological polar surface area (TPSA) is 53.5 Å². The number of hydrogen-bond donors (Lipinski definition) is 0. The highest BCUT2D eigenvalue weighted by Crippen LogP contribution is 2.35. The summed E-state index contributed by atoms with van der Waals surface area (Å²) in [4.78, 5) is 0. The number of para-hydroxylation sites is 1. The molecule has 0 spiro atoms. The van der Waals surface area contributed by atoms with E-state index in [-0.39, 0.29) is 5.88 Å². The quantitative estimate of drug-likeness (QED) is 0.389. The zero-order valence-corrected chi connectivity index (χ0v) is 16.8. The van der Waals surface area contributed by atoms with E-state index in [1.54, 1.807) is 20.3 Å². The molecule has 0 amide bonds. The third-order valence-corrected chi connectivity index (χ3v) is 4.66. The van der Waals surface area contributed by atoms with Crippen molar-refractivity contribution in [2.45, 2.75) is 0 Å². The number of rotatable bonds is 6. The molecular weight excluding hydrogens is 402 g/mol. The number of hydrogen-bond acceptors (Lipinski definition) is 5. The van der Waals surface area contributed by atoms with Gasteiger partial charge in [0.2, 0.25) is 11.6 Å². The van der Waals surface area contributed by atoms with Crippen LogP contribution in [0.15, 0.2) is 72.8 Å². The lowest BCUT2D eigenvalue weighted by Gasteiger charge is -2.12. The largest absolute Gasteiger partial charge is 0.497 e. The van der Waals surface area contributed by atoms with Gasteiger partial charge in [-0.1, -0.05) is 18.2 Å². The van der Waals surface area contributed by atoms with Crippen molar-refractivity contribution in [3.05, 3.63) is 84.4 Å². The van der Waals surface area contributed by atoms with Gasteiger partial charge in [0.05, 0.1) is 14.2 Å². The number of halogens is 2. The molecule has 0 unspecified atom stereocenters. The van der Waals surface area contributed by atoms with Crippen molar-refractivity contribution in [1.29, 1.82) is 0 Å². The van der Waals surface area contributed by atoms with Gasteiger partial charge >= 0.3 is 0 Å². The Labute approximate surface area is 177 Å². The highest BCUT2D eigenvalue weighted by atomic mass is 19.1. The fourth-order valence-corrected chi connectivity index (χ4v) is 3.06. The number of benzene rings is 3. The summed E-state index contributed by atoms with van der Waals surface area (Å²) in [5.74, 6) is -0.819. The fourth-order valence-electron chi connectivity index (χ4n) is 3.06. The molecule has 0 N–H and O–H groups in total. The summed E-state index contributed by atoms with van der Waals surface area (Å²) < 4.78 is 43.9. The van der Waals surface area contributed by atoms with Crippen molar-refractivity contribution in [3.63, 3.8) is 0 Å². The van der Waals surface area contributed by atoms with Crippen LogP contribution in [0.2, 0.25) is 0 Å². The summed E-state index contributed by atoms with van der Waals surface area (Å²) in [6.45, 7) is 0. The van der Waals surface area contributed by atoms with Gasteiger partial charge in [0.15, 0.2) is 11.6 Å². The van der Waals surface area contributed by atoms with Crippen molar-refractivity contribution in [2.75, 3.05) is 14.2 Å². The maximum absolute atomic E-state index is 14.0. The van der Waals surface area contributed by atoms with Crippen LogP contribution in [0.4, 0.5) is 8.78 Å². The zero-order chi connectivity index (χ0) is 21.8. The number of aromatic nitrogens is 2. The van der Waals surface area contributed by atoms with E-state index in [2.05, 4.69) is 10.2 Å². The summed E-state index contributed by atoms with van der Waals surface area (Å²) in [6, 6.07) is 19.8. The molecule has 0 aliphatic carbocycles. The summed E-state index contributed by atoms with van der Waals surface area (Å²) in [5, 5.41) is 8.32. The van der Waals surface area contributed by atoms with Crippen molar-refractivity contribution in [2.24, 2.45) is 0 Å². The lowest BCUT2D eigenvalue weighted by molar-refractivity contribution is 0.392. The third-order valence-electron chi connectivity index (χ3n) is 4.66. The van der Waals surface area contributed by atoms with Gasteiger partial charge in [-0.3, -0.25) is 0 Å². The van der Waals surface area contributed by atoms with E-state index in [4.69, 9.17) is 14.2 Å². The molecule has 5 nitrogen and oxygen atoms in total. The maximum atomic E-state index is 14.0. The Balaban J connectivity index is 1.80. The first kappa shape index (κ1) is 20.3. The normalized spacial score (nSPS) is 10.6. The van der Waals surface area contributed by atoms with Crippen LogP contribution in [-0.2, 0) is 0 Å². The van der Waals surface area contributed by atoms with Gasteiger partial charge in [0.25, 0.3) is 0 Å². The summed E-state index contributed by atoms with van der Waals surface area (Å²) >= 11 is 0. The second-order valence-electron chi connectivity index (χ2n) is 6.55. The van der Waals surface area contributed by atoms with E-state index in [0.717, 1.165) is 23.3 Å². The Morgan fingerprint density at radius 2 is 1.23 bits per heavy atom. The first-order chi connectivity index (χ1) is 15.1. The molecule has 0 radical (unpaired) electrons. The van der Waals surface area contributed by atoms with Crippen molar-refractivity contribution in [3.8, 4) is 45.5 Å². The Hall–Kier alpha value is -4.00. The number of methoxy groups -OCH3 is 2. The molecule has 4 aromatic rings. The minimum Gasteiger partial charge on any atom is -0.497 e. The monoisotopic (exact) mass is 420 g/mol. The molecule has 7 heteroatoms. The van der Waals surface area contributed by atoms with Crippen molar-refractivity contribution in [1.82, 2.24) is 10.2 Å². The highest BCUT2D eigenvalue weighted by Gasteiger charge is 2.16. The van der Waals surface area contributed by atoms with E-state index in [1.807, 2.05) is 48.5 Å². The van der Waals surface area contributed by atoms with Crippen molar-refractivity contribution < 1.29 is 23.0 Å².